The zero-order valence-electron chi connectivity index (χ0n) is 19.8. The third-order valence-corrected chi connectivity index (χ3v) is 9.25. The zero-order chi connectivity index (χ0) is 27.1. The summed E-state index contributed by atoms with van der Waals surface area (Å²) in [6, 6.07) is 13.4. The van der Waals surface area contributed by atoms with Crippen molar-refractivity contribution in [3.8, 4) is 11.3 Å². The summed E-state index contributed by atoms with van der Waals surface area (Å²) in [5.41, 5.74) is 0.784. The van der Waals surface area contributed by atoms with Gasteiger partial charge in [0.1, 0.15) is 5.82 Å². The van der Waals surface area contributed by atoms with Crippen LogP contribution in [-0.4, -0.2) is 47.0 Å². The van der Waals surface area contributed by atoms with Crippen molar-refractivity contribution in [1.29, 1.82) is 0 Å². The van der Waals surface area contributed by atoms with Gasteiger partial charge in [-0.2, -0.15) is 27.1 Å². The molecular weight excluding hydrogens is 607 g/mol. The van der Waals surface area contributed by atoms with Crippen molar-refractivity contribution in [2.75, 3.05) is 25.0 Å². The second-order valence-corrected chi connectivity index (χ2v) is 12.1. The topological polar surface area (TPSA) is 79.6 Å². The molecule has 2 aromatic heterocycles. The minimum absolute atomic E-state index is 0.0932. The number of aromatic nitrogens is 3. The zero-order valence-corrected chi connectivity index (χ0v) is 22.9. The Morgan fingerprint density at radius 3 is 2.63 bits per heavy atom. The predicted molar refractivity (Wildman–Crippen MR) is 143 cm³/mol. The van der Waals surface area contributed by atoms with E-state index in [9.17, 15) is 21.6 Å². The molecule has 0 saturated carbocycles. The average Bonchev–Trinajstić information content (AvgIpc) is 3.28. The highest BCUT2D eigenvalue weighted by Crippen LogP contribution is 2.36. The predicted octanol–water partition coefficient (Wildman–Crippen LogP) is 6.34. The molecule has 2 aromatic carbocycles. The van der Waals surface area contributed by atoms with E-state index >= 15 is 0 Å². The number of rotatable bonds is 6. The Labute approximate surface area is 230 Å². The van der Waals surface area contributed by atoms with Crippen LogP contribution in [0.4, 0.5) is 19.0 Å². The van der Waals surface area contributed by atoms with Gasteiger partial charge in [0.2, 0.25) is 10.0 Å². The summed E-state index contributed by atoms with van der Waals surface area (Å²) in [5, 5.41) is 8.25. The van der Waals surface area contributed by atoms with Crippen LogP contribution in [0.5, 0.6) is 0 Å². The number of anilines is 1. The number of sulfonamides is 1. The Balaban J connectivity index is 1.39. The van der Waals surface area contributed by atoms with Gasteiger partial charge in [0.15, 0.2) is 5.65 Å². The van der Waals surface area contributed by atoms with Crippen LogP contribution in [0.2, 0.25) is 5.02 Å². The number of fused-ring (bicyclic) bond motifs is 1. The minimum atomic E-state index is -4.77. The van der Waals surface area contributed by atoms with Crippen molar-refractivity contribution in [1.82, 2.24) is 18.9 Å². The molecule has 7 nitrogen and oxygen atoms in total. The Hall–Kier alpha value is -2.67. The van der Waals surface area contributed by atoms with Crippen LogP contribution in [0.1, 0.15) is 18.4 Å². The van der Waals surface area contributed by atoms with E-state index in [0.717, 1.165) is 22.0 Å². The SMILES string of the molecule is O=S(=O)(c1ccccc1C(F)(F)F)N1CCC[C@@H](CNc2cc(-c3ccccc3Cl)nc3c(Br)cnn23)C1. The first kappa shape index (κ1) is 26.9. The van der Waals surface area contributed by atoms with Crippen molar-refractivity contribution in [2.24, 2.45) is 5.92 Å². The number of hydrogen-bond acceptors (Lipinski definition) is 5. The fourth-order valence-corrected chi connectivity index (χ4v) is 6.94. The van der Waals surface area contributed by atoms with Crippen molar-refractivity contribution in [3.63, 3.8) is 0 Å². The van der Waals surface area contributed by atoms with Gasteiger partial charge in [0.25, 0.3) is 0 Å². The maximum atomic E-state index is 13.5. The van der Waals surface area contributed by atoms with Crippen LogP contribution in [0.15, 0.2) is 70.2 Å². The lowest BCUT2D eigenvalue weighted by Crippen LogP contribution is -2.42. The lowest BCUT2D eigenvalue weighted by Gasteiger charge is -2.32. The summed E-state index contributed by atoms with van der Waals surface area (Å²) in [7, 11) is -4.33. The van der Waals surface area contributed by atoms with Crippen LogP contribution in [0.25, 0.3) is 16.9 Å². The highest BCUT2D eigenvalue weighted by molar-refractivity contribution is 9.10. The Morgan fingerprint density at radius 2 is 1.87 bits per heavy atom. The molecule has 3 heterocycles. The molecular formula is C25H22BrClF3N5O2S. The van der Waals surface area contributed by atoms with Crippen LogP contribution >= 0.6 is 27.5 Å². The van der Waals surface area contributed by atoms with Gasteiger partial charge in [-0.15, -0.1) is 0 Å². The Kier molecular flexibility index (Phi) is 7.42. The van der Waals surface area contributed by atoms with E-state index in [1.165, 1.54) is 12.1 Å². The Bertz CT molecular complexity index is 1600. The van der Waals surface area contributed by atoms with Gasteiger partial charge in [-0.3, -0.25) is 0 Å². The molecule has 38 heavy (non-hydrogen) atoms. The molecule has 0 amide bonds. The van der Waals surface area contributed by atoms with E-state index in [1.807, 2.05) is 24.3 Å². The standard InChI is InChI=1S/C25H22BrClF3N5O2S/c26-19-14-32-35-23(12-21(33-24(19)35)17-7-1-3-9-20(17)27)31-13-16-6-5-11-34(15-16)38(36,37)22-10-4-2-8-18(22)25(28,29)30/h1-4,7-10,12,14,16,31H,5-6,11,13,15H2/t16-/m0/s1. The molecule has 1 fully saturated rings. The van der Waals surface area contributed by atoms with Gasteiger partial charge in [0, 0.05) is 36.3 Å². The number of benzene rings is 2. The van der Waals surface area contributed by atoms with E-state index in [1.54, 1.807) is 16.8 Å². The van der Waals surface area contributed by atoms with Gasteiger partial charge < -0.3 is 5.32 Å². The summed E-state index contributed by atoms with van der Waals surface area (Å²) < 4.78 is 70.5. The van der Waals surface area contributed by atoms with Gasteiger partial charge in [-0.1, -0.05) is 41.9 Å². The van der Waals surface area contributed by atoms with E-state index < -0.39 is 26.7 Å². The Morgan fingerprint density at radius 1 is 1.13 bits per heavy atom. The summed E-state index contributed by atoms with van der Waals surface area (Å²) in [4.78, 5) is 3.96. The van der Waals surface area contributed by atoms with Gasteiger partial charge in [0.05, 0.1) is 26.8 Å². The molecule has 1 aliphatic heterocycles. The molecule has 0 aliphatic carbocycles. The summed E-state index contributed by atoms with van der Waals surface area (Å²) in [5.74, 6) is 0.487. The molecule has 0 bridgehead atoms. The molecule has 1 saturated heterocycles. The van der Waals surface area contributed by atoms with Crippen LogP contribution < -0.4 is 5.32 Å². The monoisotopic (exact) mass is 627 g/mol. The van der Waals surface area contributed by atoms with Crippen molar-refractivity contribution < 1.29 is 21.6 Å². The number of halogens is 5. The van der Waals surface area contributed by atoms with Crippen molar-refractivity contribution in [2.45, 2.75) is 23.9 Å². The highest BCUT2D eigenvalue weighted by Gasteiger charge is 2.39. The quantitative estimate of drug-likeness (QED) is 0.270. The number of nitrogens with zero attached hydrogens (tertiary/aromatic N) is 4. The number of nitrogens with one attached hydrogen (secondary N) is 1. The van der Waals surface area contributed by atoms with Crippen molar-refractivity contribution >= 4 is 49.0 Å². The first-order valence-corrected chi connectivity index (χ1v) is 14.4. The lowest BCUT2D eigenvalue weighted by molar-refractivity contribution is -0.139. The normalized spacial score (nSPS) is 17.1. The molecule has 1 atom stereocenters. The largest absolute Gasteiger partial charge is 0.417 e. The fourth-order valence-electron chi connectivity index (χ4n) is 4.59. The van der Waals surface area contributed by atoms with Gasteiger partial charge in [-0.05, 0) is 52.9 Å². The molecule has 0 radical (unpaired) electrons. The molecule has 1 N–H and O–H groups in total. The molecule has 1 aliphatic rings. The minimum Gasteiger partial charge on any atom is -0.370 e. The van der Waals surface area contributed by atoms with Gasteiger partial charge in [-0.25, -0.2) is 13.4 Å². The molecule has 4 aromatic rings. The number of piperidine rings is 1. The molecule has 0 unspecified atom stereocenters. The summed E-state index contributed by atoms with van der Waals surface area (Å²) in [6.45, 7) is 0.634. The number of alkyl halides is 3. The van der Waals surface area contributed by atoms with Crippen molar-refractivity contribution in [3.05, 3.63) is 75.9 Å². The van der Waals surface area contributed by atoms with Crippen LogP contribution in [0.3, 0.4) is 0 Å². The van der Waals surface area contributed by atoms with E-state index in [2.05, 4.69) is 31.3 Å². The summed E-state index contributed by atoms with van der Waals surface area (Å²) in [6.07, 6.45) is -1.90. The summed E-state index contributed by atoms with van der Waals surface area (Å²) >= 11 is 9.86. The second-order valence-electron chi connectivity index (χ2n) is 8.98. The van der Waals surface area contributed by atoms with Crippen LogP contribution in [-0.2, 0) is 16.2 Å². The van der Waals surface area contributed by atoms with Crippen LogP contribution in [0, 0.1) is 5.92 Å². The molecule has 200 valence electrons. The first-order valence-electron chi connectivity index (χ1n) is 11.7. The highest BCUT2D eigenvalue weighted by atomic mass is 79.9. The number of hydrogen-bond donors (Lipinski definition) is 1. The van der Waals surface area contributed by atoms with E-state index in [-0.39, 0.29) is 19.0 Å². The van der Waals surface area contributed by atoms with E-state index in [0.29, 0.717) is 46.0 Å². The molecule has 0 spiro atoms. The van der Waals surface area contributed by atoms with E-state index in [4.69, 9.17) is 11.6 Å². The third-order valence-electron chi connectivity index (χ3n) is 6.44. The smallest absolute Gasteiger partial charge is 0.370 e. The van der Waals surface area contributed by atoms with Gasteiger partial charge >= 0.3 is 6.18 Å². The maximum Gasteiger partial charge on any atom is 0.417 e. The maximum absolute atomic E-state index is 13.5. The lowest BCUT2D eigenvalue weighted by atomic mass is 10.00. The molecule has 13 heteroatoms. The average molecular weight is 629 g/mol. The first-order chi connectivity index (χ1) is 18.1. The molecule has 5 rings (SSSR count). The third kappa shape index (κ3) is 5.27. The second kappa shape index (κ2) is 10.5. The fraction of sp³-hybridized carbons (Fsp3) is 0.280.